The van der Waals surface area contributed by atoms with E-state index < -0.39 is 18.9 Å². The molecule has 0 aliphatic carbocycles. The molecule has 2 rings (SSSR count). The minimum Gasteiger partial charge on any atom is -0.484 e. The molecule has 1 N–H and O–H groups in total. The van der Waals surface area contributed by atoms with Gasteiger partial charge in [-0.1, -0.05) is 12.1 Å². The Morgan fingerprint density at radius 3 is 2.29 bits per heavy atom. The number of ether oxygens (including phenoxy) is 1. The number of piperidine rings is 1. The first-order valence-electron chi connectivity index (χ1n) is 6.62. The predicted molar refractivity (Wildman–Crippen MR) is 69.6 cm³/mol. The number of rotatable bonds is 3. The molecule has 0 spiro atoms. The first-order chi connectivity index (χ1) is 9.85. The smallest absolute Gasteiger partial charge is 0.422 e. The second-order valence-corrected chi connectivity index (χ2v) is 5.02. The zero-order valence-electron chi connectivity index (χ0n) is 11.3. The molecule has 1 aromatic carbocycles. The summed E-state index contributed by atoms with van der Waals surface area (Å²) in [7, 11) is 0. The highest BCUT2D eigenvalue weighted by Gasteiger charge is 2.28. The number of nitrogens with zero attached hydrogens (tertiary/aromatic N) is 1. The van der Waals surface area contributed by atoms with Gasteiger partial charge >= 0.3 is 12.3 Å². The third-order valence-electron chi connectivity index (χ3n) is 3.52. The van der Waals surface area contributed by atoms with Crippen LogP contribution in [-0.4, -0.2) is 42.0 Å². The number of amides is 1. The Morgan fingerprint density at radius 1 is 1.24 bits per heavy atom. The van der Waals surface area contributed by atoms with Gasteiger partial charge in [-0.2, -0.15) is 13.2 Å². The maximum atomic E-state index is 12.0. The Balaban J connectivity index is 1.89. The molecule has 4 nitrogen and oxygen atoms in total. The lowest BCUT2D eigenvalue weighted by Crippen LogP contribution is -2.36. The zero-order valence-corrected chi connectivity index (χ0v) is 11.3. The first kappa shape index (κ1) is 15.5. The van der Waals surface area contributed by atoms with E-state index in [4.69, 9.17) is 5.11 Å². The largest absolute Gasteiger partial charge is 0.484 e. The lowest BCUT2D eigenvalue weighted by Gasteiger charge is -2.30. The molecule has 0 bridgehead atoms. The number of hydrogen-bond acceptors (Lipinski definition) is 2. The lowest BCUT2D eigenvalue weighted by atomic mass is 9.89. The van der Waals surface area contributed by atoms with Crippen LogP contribution in [0.25, 0.3) is 0 Å². The number of halogens is 3. The highest BCUT2D eigenvalue weighted by atomic mass is 19.4. The monoisotopic (exact) mass is 303 g/mol. The second kappa shape index (κ2) is 6.24. The Kier molecular flexibility index (Phi) is 4.59. The fourth-order valence-corrected chi connectivity index (χ4v) is 2.41. The summed E-state index contributed by atoms with van der Waals surface area (Å²) in [6, 6.07) is 6.52. The summed E-state index contributed by atoms with van der Waals surface area (Å²) in [4.78, 5) is 12.2. The van der Waals surface area contributed by atoms with Crippen LogP contribution in [0.1, 0.15) is 24.3 Å². The summed E-state index contributed by atoms with van der Waals surface area (Å²) in [5.74, 6) is 0.413. The molecule has 1 heterocycles. The average Bonchev–Trinajstić information content (AvgIpc) is 2.45. The molecule has 0 saturated carbocycles. The fourth-order valence-electron chi connectivity index (χ4n) is 2.41. The quantitative estimate of drug-likeness (QED) is 0.930. The van der Waals surface area contributed by atoms with Crippen LogP contribution in [0.3, 0.4) is 0 Å². The van der Waals surface area contributed by atoms with Crippen LogP contribution in [0.2, 0.25) is 0 Å². The Morgan fingerprint density at radius 2 is 1.81 bits per heavy atom. The number of carbonyl (C=O) groups is 1. The molecule has 1 aromatic rings. The normalized spacial score (nSPS) is 16.8. The van der Waals surface area contributed by atoms with Crippen LogP contribution >= 0.6 is 0 Å². The molecule has 1 aliphatic heterocycles. The Bertz CT molecular complexity index is 479. The molecule has 7 heteroatoms. The van der Waals surface area contributed by atoms with Gasteiger partial charge in [0, 0.05) is 13.1 Å². The van der Waals surface area contributed by atoms with E-state index >= 15 is 0 Å². The number of carboxylic acid groups (broad SMARTS) is 1. The maximum Gasteiger partial charge on any atom is 0.422 e. The topological polar surface area (TPSA) is 49.8 Å². The van der Waals surface area contributed by atoms with E-state index in [2.05, 4.69) is 4.74 Å². The van der Waals surface area contributed by atoms with Crippen molar-refractivity contribution >= 4 is 6.09 Å². The van der Waals surface area contributed by atoms with Gasteiger partial charge in [0.05, 0.1) is 0 Å². The van der Waals surface area contributed by atoms with Crippen LogP contribution < -0.4 is 4.74 Å². The number of benzene rings is 1. The van der Waals surface area contributed by atoms with E-state index in [1.807, 2.05) is 0 Å². The Hall–Kier alpha value is -1.92. The summed E-state index contributed by atoms with van der Waals surface area (Å²) in [6.45, 7) is -0.345. The molecule has 21 heavy (non-hydrogen) atoms. The molecule has 0 radical (unpaired) electrons. The van der Waals surface area contributed by atoms with E-state index in [0.717, 1.165) is 18.4 Å². The van der Waals surface area contributed by atoms with Gasteiger partial charge in [0.2, 0.25) is 0 Å². The molecule has 1 fully saturated rings. The van der Waals surface area contributed by atoms with Gasteiger partial charge in [-0.3, -0.25) is 0 Å². The van der Waals surface area contributed by atoms with Crippen molar-refractivity contribution in [3.05, 3.63) is 29.8 Å². The Labute approximate surface area is 120 Å². The molecular weight excluding hydrogens is 287 g/mol. The average molecular weight is 303 g/mol. The van der Waals surface area contributed by atoms with Crippen LogP contribution in [0, 0.1) is 0 Å². The third kappa shape index (κ3) is 4.54. The van der Waals surface area contributed by atoms with Gasteiger partial charge in [-0.05, 0) is 36.5 Å². The standard InChI is InChI=1S/C14H16F3NO3/c15-14(16,17)9-21-12-3-1-10(2-4-12)11-5-7-18(8-6-11)13(19)20/h1-4,11H,5-9H2,(H,19,20). The van der Waals surface area contributed by atoms with Crippen molar-refractivity contribution < 1.29 is 27.8 Å². The SMILES string of the molecule is O=C(O)N1CCC(c2ccc(OCC(F)(F)F)cc2)CC1. The minimum atomic E-state index is -4.34. The number of likely N-dealkylation sites (tertiary alicyclic amines) is 1. The minimum absolute atomic E-state index is 0.180. The summed E-state index contributed by atoms with van der Waals surface area (Å²) in [5.41, 5.74) is 0.999. The van der Waals surface area contributed by atoms with E-state index in [1.165, 1.54) is 17.0 Å². The highest BCUT2D eigenvalue weighted by molar-refractivity contribution is 5.65. The first-order valence-corrected chi connectivity index (χ1v) is 6.62. The summed E-state index contributed by atoms with van der Waals surface area (Å²) < 4.78 is 40.8. The maximum absolute atomic E-state index is 12.0. The van der Waals surface area contributed by atoms with Crippen LogP contribution in [0.5, 0.6) is 5.75 Å². The summed E-state index contributed by atoms with van der Waals surface area (Å²) in [6.07, 6.45) is -3.82. The van der Waals surface area contributed by atoms with Crippen molar-refractivity contribution in [3.63, 3.8) is 0 Å². The van der Waals surface area contributed by atoms with E-state index in [1.54, 1.807) is 12.1 Å². The van der Waals surface area contributed by atoms with Gasteiger partial charge in [-0.25, -0.2) is 4.79 Å². The molecule has 1 amide bonds. The highest BCUT2D eigenvalue weighted by Crippen LogP contribution is 2.29. The van der Waals surface area contributed by atoms with Crippen molar-refractivity contribution in [2.75, 3.05) is 19.7 Å². The van der Waals surface area contributed by atoms with Crippen LogP contribution in [-0.2, 0) is 0 Å². The molecule has 0 unspecified atom stereocenters. The number of hydrogen-bond donors (Lipinski definition) is 1. The molecule has 116 valence electrons. The fraction of sp³-hybridized carbons (Fsp3) is 0.500. The van der Waals surface area contributed by atoms with Gasteiger partial charge in [-0.15, -0.1) is 0 Å². The van der Waals surface area contributed by atoms with Crippen molar-refractivity contribution in [2.45, 2.75) is 24.9 Å². The van der Waals surface area contributed by atoms with E-state index in [9.17, 15) is 18.0 Å². The van der Waals surface area contributed by atoms with E-state index in [-0.39, 0.29) is 11.7 Å². The lowest BCUT2D eigenvalue weighted by molar-refractivity contribution is -0.153. The zero-order chi connectivity index (χ0) is 15.5. The van der Waals surface area contributed by atoms with E-state index in [0.29, 0.717) is 13.1 Å². The van der Waals surface area contributed by atoms with Crippen molar-refractivity contribution in [1.82, 2.24) is 4.90 Å². The molecule has 0 aromatic heterocycles. The summed E-state index contributed by atoms with van der Waals surface area (Å²) >= 11 is 0. The van der Waals surface area contributed by atoms with Crippen molar-refractivity contribution in [3.8, 4) is 5.75 Å². The predicted octanol–water partition coefficient (Wildman–Crippen LogP) is 3.49. The van der Waals surface area contributed by atoms with Gasteiger partial charge in [0.25, 0.3) is 0 Å². The third-order valence-corrected chi connectivity index (χ3v) is 3.52. The number of alkyl halides is 3. The van der Waals surface area contributed by atoms with Crippen molar-refractivity contribution in [1.29, 1.82) is 0 Å². The van der Waals surface area contributed by atoms with Crippen LogP contribution in [0.4, 0.5) is 18.0 Å². The molecule has 1 aliphatic rings. The molecule has 1 saturated heterocycles. The van der Waals surface area contributed by atoms with Gasteiger partial charge in [0.1, 0.15) is 5.75 Å². The van der Waals surface area contributed by atoms with Crippen LogP contribution in [0.15, 0.2) is 24.3 Å². The van der Waals surface area contributed by atoms with Gasteiger partial charge in [0.15, 0.2) is 6.61 Å². The molecular formula is C14H16F3NO3. The van der Waals surface area contributed by atoms with Gasteiger partial charge < -0.3 is 14.7 Å². The van der Waals surface area contributed by atoms with Crippen molar-refractivity contribution in [2.24, 2.45) is 0 Å². The summed E-state index contributed by atoms with van der Waals surface area (Å²) in [5, 5.41) is 8.87. The second-order valence-electron chi connectivity index (χ2n) is 5.02. The molecule has 0 atom stereocenters.